The Morgan fingerprint density at radius 1 is 1.19 bits per heavy atom. The van der Waals surface area contributed by atoms with Crippen molar-refractivity contribution in [2.45, 2.75) is 0 Å². The number of hydrogen-bond donors (Lipinski definition) is 4. The van der Waals surface area contributed by atoms with Gasteiger partial charge < -0.3 is 25.8 Å². The van der Waals surface area contributed by atoms with Crippen molar-refractivity contribution in [3.8, 4) is 28.4 Å². The molecule has 0 fully saturated rings. The van der Waals surface area contributed by atoms with Gasteiger partial charge in [0.15, 0.2) is 0 Å². The van der Waals surface area contributed by atoms with Crippen molar-refractivity contribution in [1.29, 1.82) is 0 Å². The summed E-state index contributed by atoms with van der Waals surface area (Å²) in [5, 5.41) is 2.50. The summed E-state index contributed by atoms with van der Waals surface area (Å²) in [4.78, 5) is 34.9. The summed E-state index contributed by atoms with van der Waals surface area (Å²) in [6.45, 7) is 3.72. The third kappa shape index (κ3) is 4.01. The molecule has 160 valence electrons. The zero-order valence-electron chi connectivity index (χ0n) is 17.3. The summed E-state index contributed by atoms with van der Waals surface area (Å²) in [7, 11) is 1.52. The first-order valence-electron chi connectivity index (χ1n) is 9.80. The first-order valence-corrected chi connectivity index (χ1v) is 9.80. The highest BCUT2D eigenvalue weighted by Crippen LogP contribution is 2.30. The number of aromatic amines is 2. The minimum atomic E-state index is -0.328. The van der Waals surface area contributed by atoms with Gasteiger partial charge in [-0.15, -0.1) is 0 Å². The summed E-state index contributed by atoms with van der Waals surface area (Å²) in [6.07, 6.45) is 4.31. The average Bonchev–Trinajstić information content (AvgIpc) is 3.24. The van der Waals surface area contributed by atoms with E-state index in [1.807, 2.05) is 30.3 Å². The van der Waals surface area contributed by atoms with Gasteiger partial charge in [-0.25, -0.2) is 4.98 Å². The number of aromatic nitrogens is 3. The van der Waals surface area contributed by atoms with Crippen molar-refractivity contribution < 1.29 is 9.53 Å². The van der Waals surface area contributed by atoms with Gasteiger partial charge >= 0.3 is 0 Å². The molecule has 0 atom stereocenters. The molecular formula is C24H21N5O3. The van der Waals surface area contributed by atoms with E-state index in [9.17, 15) is 9.59 Å². The fourth-order valence-electron chi connectivity index (χ4n) is 3.33. The second-order valence-corrected chi connectivity index (χ2v) is 6.94. The highest BCUT2D eigenvalue weighted by Gasteiger charge is 2.19. The standard InChI is InChI=1S/C24H21N5O3/c1-14(23(30)26-2)12-16(10-11-25)32-15-8-9-19-20(13-15)28-22(27-19)21-17-6-4-3-5-7-18(17)29-24(21)31/h3-13H,1,25H2,2H3,(H,26,30)(H,27,28)(H,29,31)/b11-10-,16-12+. The van der Waals surface area contributed by atoms with Gasteiger partial charge in [-0.3, -0.25) is 9.59 Å². The second kappa shape index (κ2) is 8.65. The Balaban J connectivity index is 1.70. The third-order valence-corrected chi connectivity index (χ3v) is 4.80. The number of ether oxygens (including phenoxy) is 1. The van der Waals surface area contributed by atoms with Crippen LogP contribution in [0.1, 0.15) is 0 Å². The Morgan fingerprint density at radius 2 is 2.00 bits per heavy atom. The molecule has 2 heterocycles. The van der Waals surface area contributed by atoms with Crippen LogP contribution >= 0.6 is 0 Å². The van der Waals surface area contributed by atoms with E-state index in [1.165, 1.54) is 25.4 Å². The van der Waals surface area contributed by atoms with Crippen LogP contribution in [0.3, 0.4) is 0 Å². The van der Waals surface area contributed by atoms with Gasteiger partial charge in [-0.1, -0.05) is 30.8 Å². The summed E-state index contributed by atoms with van der Waals surface area (Å²) in [6, 6.07) is 14.6. The molecule has 5 N–H and O–H groups in total. The molecule has 8 heteroatoms. The Labute approximate surface area is 183 Å². The Bertz CT molecular complexity index is 1410. The van der Waals surface area contributed by atoms with E-state index in [2.05, 4.69) is 26.8 Å². The van der Waals surface area contributed by atoms with Gasteiger partial charge in [-0.2, -0.15) is 0 Å². The average molecular weight is 427 g/mol. The van der Waals surface area contributed by atoms with Gasteiger partial charge in [0.1, 0.15) is 17.3 Å². The highest BCUT2D eigenvalue weighted by atomic mass is 16.5. The summed E-state index contributed by atoms with van der Waals surface area (Å²) in [5.74, 6) is 0.969. The molecule has 1 aromatic heterocycles. The minimum Gasteiger partial charge on any atom is -0.457 e. The predicted octanol–water partition coefficient (Wildman–Crippen LogP) is 3.06. The molecule has 0 radical (unpaired) electrons. The number of H-pyrrole nitrogens is 2. The van der Waals surface area contributed by atoms with Crippen LogP contribution in [0.15, 0.2) is 89.6 Å². The summed E-state index contributed by atoms with van der Waals surface area (Å²) < 4.78 is 5.87. The molecule has 0 saturated heterocycles. The van der Waals surface area contributed by atoms with E-state index >= 15 is 0 Å². The van der Waals surface area contributed by atoms with Gasteiger partial charge in [0.2, 0.25) is 0 Å². The third-order valence-electron chi connectivity index (χ3n) is 4.80. The van der Waals surface area contributed by atoms with Crippen molar-refractivity contribution >= 4 is 16.9 Å². The van der Waals surface area contributed by atoms with Crippen molar-refractivity contribution in [3.63, 3.8) is 0 Å². The van der Waals surface area contributed by atoms with E-state index in [1.54, 1.807) is 18.2 Å². The van der Waals surface area contributed by atoms with Crippen LogP contribution in [-0.2, 0) is 4.79 Å². The maximum Gasteiger partial charge on any atom is 0.260 e. The topological polar surface area (TPSA) is 126 Å². The number of carbonyl (C=O) groups excluding carboxylic acids is 1. The number of nitrogens with two attached hydrogens (primary N) is 1. The van der Waals surface area contributed by atoms with Crippen molar-refractivity contribution in [3.05, 3.63) is 95.1 Å². The maximum absolute atomic E-state index is 12.6. The van der Waals surface area contributed by atoms with Crippen LogP contribution in [0, 0.1) is 0 Å². The Kier molecular flexibility index (Phi) is 5.59. The van der Waals surface area contributed by atoms with Crippen molar-refractivity contribution in [2.75, 3.05) is 7.05 Å². The smallest absolute Gasteiger partial charge is 0.260 e. The van der Waals surface area contributed by atoms with Crippen LogP contribution in [0.2, 0.25) is 0 Å². The zero-order valence-corrected chi connectivity index (χ0v) is 17.3. The molecule has 2 aromatic rings. The number of hydrogen-bond acceptors (Lipinski definition) is 5. The lowest BCUT2D eigenvalue weighted by Crippen LogP contribution is -2.18. The first-order chi connectivity index (χ1) is 15.5. The Hall–Kier alpha value is -4.59. The van der Waals surface area contributed by atoms with Crippen molar-refractivity contribution in [1.82, 2.24) is 20.3 Å². The fraction of sp³-hybridized carbons (Fsp3) is 0.0417. The number of nitrogens with zero attached hydrogens (tertiary/aromatic N) is 1. The van der Waals surface area contributed by atoms with E-state index < -0.39 is 0 Å². The largest absolute Gasteiger partial charge is 0.457 e. The van der Waals surface area contributed by atoms with Crippen LogP contribution in [0.25, 0.3) is 33.7 Å². The number of imidazole rings is 1. The molecule has 0 unspecified atom stereocenters. The number of allylic oxidation sites excluding steroid dienone is 1. The zero-order chi connectivity index (χ0) is 22.7. The number of rotatable bonds is 6. The number of amides is 1. The van der Waals surface area contributed by atoms with Gasteiger partial charge in [-0.05, 0) is 36.6 Å². The second-order valence-electron chi connectivity index (χ2n) is 6.94. The minimum absolute atomic E-state index is 0.215. The van der Waals surface area contributed by atoms with E-state index in [0.29, 0.717) is 33.9 Å². The molecule has 1 aromatic carbocycles. The number of likely N-dealkylation sites (N-methyl/N-ethyl adjacent to an activating group) is 1. The molecule has 0 saturated carbocycles. The van der Waals surface area contributed by atoms with Crippen LogP contribution in [-0.4, -0.2) is 27.9 Å². The van der Waals surface area contributed by atoms with Crippen molar-refractivity contribution in [2.24, 2.45) is 5.73 Å². The number of nitrogens with one attached hydrogen (secondary N) is 3. The monoisotopic (exact) mass is 427 g/mol. The Morgan fingerprint density at radius 3 is 2.78 bits per heavy atom. The van der Waals surface area contributed by atoms with Gasteiger partial charge in [0.05, 0.1) is 16.6 Å². The molecule has 4 rings (SSSR count). The quantitative estimate of drug-likeness (QED) is 0.214. The molecule has 2 aliphatic rings. The molecule has 32 heavy (non-hydrogen) atoms. The lowest BCUT2D eigenvalue weighted by atomic mass is 10.1. The molecule has 1 amide bonds. The van der Waals surface area contributed by atoms with E-state index in [4.69, 9.17) is 10.5 Å². The van der Waals surface area contributed by atoms with Gasteiger partial charge in [0, 0.05) is 29.9 Å². The fourth-order valence-corrected chi connectivity index (χ4v) is 3.33. The van der Waals surface area contributed by atoms with Crippen LogP contribution < -0.4 is 21.3 Å². The number of carbonyl (C=O) groups is 1. The summed E-state index contributed by atoms with van der Waals surface area (Å²) >= 11 is 0. The SMILES string of the molecule is C=C(/C=C(\C=C/N)Oc1ccc2nc(-c3c4cccccc-4[nH]c3=O)[nH]c2c1)C(=O)NC. The highest BCUT2D eigenvalue weighted by molar-refractivity contribution is 5.95. The molecular weight excluding hydrogens is 406 g/mol. The van der Waals surface area contributed by atoms with E-state index in [-0.39, 0.29) is 17.0 Å². The lowest BCUT2D eigenvalue weighted by molar-refractivity contribution is -0.116. The molecule has 0 spiro atoms. The number of benzene rings is 1. The molecule has 1 aliphatic heterocycles. The molecule has 0 bridgehead atoms. The molecule has 1 aliphatic carbocycles. The van der Waals surface area contributed by atoms with E-state index in [0.717, 1.165) is 11.3 Å². The van der Waals surface area contributed by atoms with Crippen LogP contribution in [0.4, 0.5) is 0 Å². The molecule has 8 nitrogen and oxygen atoms in total. The van der Waals surface area contributed by atoms with Gasteiger partial charge in [0.25, 0.3) is 11.5 Å². The van der Waals surface area contributed by atoms with Crippen LogP contribution in [0.5, 0.6) is 5.75 Å². The number of fused-ring (bicyclic) bond motifs is 2. The lowest BCUT2D eigenvalue weighted by Gasteiger charge is -2.07. The predicted molar refractivity (Wildman–Crippen MR) is 124 cm³/mol. The normalized spacial score (nSPS) is 11.8. The first kappa shape index (κ1) is 20.7. The maximum atomic E-state index is 12.6. The summed E-state index contributed by atoms with van der Waals surface area (Å²) in [5.41, 5.74) is 8.87.